The maximum absolute atomic E-state index is 5.41. The summed E-state index contributed by atoms with van der Waals surface area (Å²) in [5, 5.41) is 3.63. The van der Waals surface area contributed by atoms with Crippen molar-refractivity contribution in [1.29, 1.82) is 0 Å². The van der Waals surface area contributed by atoms with Crippen LogP contribution in [0, 0.1) is 0 Å². The van der Waals surface area contributed by atoms with Gasteiger partial charge in [0.15, 0.2) is 0 Å². The minimum absolute atomic E-state index is 0.643. The standard InChI is InChI=1S/C15H26N2O/c1-3-14-12-17(10-5-9-16-14)13(2)7-8-15-6-4-11-18-15/h4,6,11,13-14,16H,3,5,7-10,12H2,1-2H3. The van der Waals surface area contributed by atoms with Crippen molar-refractivity contribution in [2.45, 2.75) is 51.6 Å². The first-order chi connectivity index (χ1) is 8.79. The molecule has 0 amide bonds. The molecule has 3 nitrogen and oxygen atoms in total. The fraction of sp³-hybridized carbons (Fsp3) is 0.733. The Morgan fingerprint density at radius 3 is 3.17 bits per heavy atom. The monoisotopic (exact) mass is 250 g/mol. The molecule has 0 saturated carbocycles. The smallest absolute Gasteiger partial charge is 0.103 e. The van der Waals surface area contributed by atoms with Crippen molar-refractivity contribution in [3.63, 3.8) is 0 Å². The zero-order chi connectivity index (χ0) is 12.8. The van der Waals surface area contributed by atoms with Crippen molar-refractivity contribution in [2.24, 2.45) is 0 Å². The summed E-state index contributed by atoms with van der Waals surface area (Å²) in [5.74, 6) is 1.11. The number of nitrogens with zero attached hydrogens (tertiary/aromatic N) is 1. The lowest BCUT2D eigenvalue weighted by Crippen LogP contribution is -2.41. The Bertz CT molecular complexity index is 323. The van der Waals surface area contributed by atoms with E-state index in [0.29, 0.717) is 12.1 Å². The van der Waals surface area contributed by atoms with E-state index in [9.17, 15) is 0 Å². The van der Waals surface area contributed by atoms with Crippen LogP contribution >= 0.6 is 0 Å². The van der Waals surface area contributed by atoms with Crippen LogP contribution in [0.3, 0.4) is 0 Å². The third kappa shape index (κ3) is 3.85. The summed E-state index contributed by atoms with van der Waals surface area (Å²) in [5.41, 5.74) is 0. The minimum atomic E-state index is 0.643. The highest BCUT2D eigenvalue weighted by Crippen LogP contribution is 2.13. The molecule has 1 N–H and O–H groups in total. The van der Waals surface area contributed by atoms with E-state index in [2.05, 4.69) is 30.1 Å². The van der Waals surface area contributed by atoms with Gasteiger partial charge < -0.3 is 9.73 Å². The van der Waals surface area contributed by atoms with E-state index in [-0.39, 0.29) is 0 Å². The highest BCUT2D eigenvalue weighted by molar-refractivity contribution is 4.98. The number of hydrogen-bond donors (Lipinski definition) is 1. The van der Waals surface area contributed by atoms with Crippen molar-refractivity contribution in [3.05, 3.63) is 24.2 Å². The second-order valence-electron chi connectivity index (χ2n) is 5.37. The summed E-state index contributed by atoms with van der Waals surface area (Å²) < 4.78 is 5.41. The molecule has 0 spiro atoms. The van der Waals surface area contributed by atoms with E-state index in [4.69, 9.17) is 4.42 Å². The molecule has 2 atom stereocenters. The van der Waals surface area contributed by atoms with Gasteiger partial charge in [-0.2, -0.15) is 0 Å². The second kappa shape index (κ2) is 6.95. The normalized spacial score (nSPS) is 23.8. The van der Waals surface area contributed by atoms with Gasteiger partial charge in [0.1, 0.15) is 5.76 Å². The van der Waals surface area contributed by atoms with Crippen molar-refractivity contribution >= 4 is 0 Å². The zero-order valence-electron chi connectivity index (χ0n) is 11.7. The third-order valence-corrected chi connectivity index (χ3v) is 4.01. The summed E-state index contributed by atoms with van der Waals surface area (Å²) >= 11 is 0. The van der Waals surface area contributed by atoms with Gasteiger partial charge in [0.25, 0.3) is 0 Å². The topological polar surface area (TPSA) is 28.4 Å². The number of furan rings is 1. The minimum Gasteiger partial charge on any atom is -0.469 e. The van der Waals surface area contributed by atoms with E-state index in [1.54, 1.807) is 6.26 Å². The molecule has 1 aliphatic heterocycles. The second-order valence-corrected chi connectivity index (χ2v) is 5.37. The number of hydrogen-bond acceptors (Lipinski definition) is 3. The summed E-state index contributed by atoms with van der Waals surface area (Å²) in [7, 11) is 0. The first kappa shape index (κ1) is 13.6. The molecule has 1 fully saturated rings. The molecule has 2 unspecified atom stereocenters. The van der Waals surface area contributed by atoms with Gasteiger partial charge in [0.2, 0.25) is 0 Å². The van der Waals surface area contributed by atoms with Gasteiger partial charge in [-0.1, -0.05) is 6.92 Å². The van der Waals surface area contributed by atoms with Gasteiger partial charge in [-0.25, -0.2) is 0 Å². The molecular formula is C15H26N2O. The van der Waals surface area contributed by atoms with Crippen molar-refractivity contribution in [3.8, 4) is 0 Å². The number of nitrogens with one attached hydrogen (secondary N) is 1. The fourth-order valence-corrected chi connectivity index (χ4v) is 2.69. The Kier molecular flexibility index (Phi) is 5.26. The molecule has 2 heterocycles. The Morgan fingerprint density at radius 1 is 1.56 bits per heavy atom. The summed E-state index contributed by atoms with van der Waals surface area (Å²) in [4.78, 5) is 2.64. The number of rotatable bonds is 5. The van der Waals surface area contributed by atoms with Gasteiger partial charge in [-0.15, -0.1) is 0 Å². The van der Waals surface area contributed by atoms with Crippen LogP contribution in [0.5, 0.6) is 0 Å². The average molecular weight is 250 g/mol. The SMILES string of the molecule is CCC1CN(C(C)CCc2ccco2)CCCN1. The Morgan fingerprint density at radius 2 is 2.44 bits per heavy atom. The first-order valence-electron chi connectivity index (χ1n) is 7.29. The molecule has 0 radical (unpaired) electrons. The highest BCUT2D eigenvalue weighted by atomic mass is 16.3. The molecule has 102 valence electrons. The zero-order valence-corrected chi connectivity index (χ0v) is 11.7. The van der Waals surface area contributed by atoms with E-state index < -0.39 is 0 Å². The van der Waals surface area contributed by atoms with Gasteiger partial charge in [-0.05, 0) is 51.4 Å². The van der Waals surface area contributed by atoms with Gasteiger partial charge >= 0.3 is 0 Å². The van der Waals surface area contributed by atoms with Crippen LogP contribution in [-0.2, 0) is 6.42 Å². The Hall–Kier alpha value is -0.800. The predicted octanol–water partition coefficient (Wildman–Crippen LogP) is 2.67. The van der Waals surface area contributed by atoms with E-state index in [0.717, 1.165) is 12.2 Å². The van der Waals surface area contributed by atoms with E-state index >= 15 is 0 Å². The quantitative estimate of drug-likeness (QED) is 0.871. The van der Waals surface area contributed by atoms with E-state index in [1.165, 1.54) is 38.9 Å². The molecule has 18 heavy (non-hydrogen) atoms. The van der Waals surface area contributed by atoms with Crippen LogP contribution in [0.15, 0.2) is 22.8 Å². The van der Waals surface area contributed by atoms with Crippen LogP contribution < -0.4 is 5.32 Å². The summed E-state index contributed by atoms with van der Waals surface area (Å²) in [6.45, 7) is 8.20. The van der Waals surface area contributed by atoms with E-state index in [1.807, 2.05) is 6.07 Å². The fourth-order valence-electron chi connectivity index (χ4n) is 2.69. The maximum Gasteiger partial charge on any atom is 0.103 e. The Labute approximate surface area is 111 Å². The lowest BCUT2D eigenvalue weighted by Gasteiger charge is -2.29. The van der Waals surface area contributed by atoms with Crippen molar-refractivity contribution in [1.82, 2.24) is 10.2 Å². The summed E-state index contributed by atoms with van der Waals surface area (Å²) in [6, 6.07) is 5.36. The molecule has 1 aliphatic rings. The van der Waals surface area contributed by atoms with Gasteiger partial charge in [0, 0.05) is 25.0 Å². The highest BCUT2D eigenvalue weighted by Gasteiger charge is 2.20. The largest absolute Gasteiger partial charge is 0.469 e. The van der Waals surface area contributed by atoms with Crippen molar-refractivity contribution < 1.29 is 4.42 Å². The van der Waals surface area contributed by atoms with Crippen LogP contribution in [0.2, 0.25) is 0 Å². The molecule has 1 aromatic heterocycles. The lowest BCUT2D eigenvalue weighted by atomic mass is 10.1. The van der Waals surface area contributed by atoms with Crippen LogP contribution in [0.4, 0.5) is 0 Å². The molecule has 3 heteroatoms. The molecule has 1 aromatic rings. The number of aryl methyl sites for hydroxylation is 1. The summed E-state index contributed by atoms with van der Waals surface area (Å²) in [6.07, 6.45) is 6.49. The van der Waals surface area contributed by atoms with Crippen LogP contribution in [0.1, 0.15) is 38.9 Å². The van der Waals surface area contributed by atoms with Crippen LogP contribution in [-0.4, -0.2) is 36.6 Å². The lowest BCUT2D eigenvalue weighted by molar-refractivity contribution is 0.193. The maximum atomic E-state index is 5.41. The molecule has 0 aromatic carbocycles. The van der Waals surface area contributed by atoms with Crippen molar-refractivity contribution in [2.75, 3.05) is 19.6 Å². The van der Waals surface area contributed by atoms with Crippen LogP contribution in [0.25, 0.3) is 0 Å². The van der Waals surface area contributed by atoms with Gasteiger partial charge in [-0.3, -0.25) is 4.90 Å². The molecule has 2 rings (SSSR count). The average Bonchev–Trinajstić information content (AvgIpc) is 2.79. The molecule has 1 saturated heterocycles. The molecule has 0 aliphatic carbocycles. The predicted molar refractivity (Wildman–Crippen MR) is 74.8 cm³/mol. The van der Waals surface area contributed by atoms with Gasteiger partial charge in [0.05, 0.1) is 6.26 Å². The third-order valence-electron chi connectivity index (χ3n) is 4.01. The Balaban J connectivity index is 1.81. The first-order valence-corrected chi connectivity index (χ1v) is 7.29. The molecular weight excluding hydrogens is 224 g/mol. The molecule has 0 bridgehead atoms.